The van der Waals surface area contributed by atoms with Gasteiger partial charge in [0.15, 0.2) is 0 Å². The molecule has 1 nitrogen and oxygen atoms in total. The molecular formula is C12H16ClNS. The molecule has 82 valence electrons. The van der Waals surface area contributed by atoms with Crippen LogP contribution in [0.3, 0.4) is 0 Å². The van der Waals surface area contributed by atoms with E-state index in [1.165, 1.54) is 36.6 Å². The molecule has 0 aromatic heterocycles. The molecule has 0 aliphatic carbocycles. The minimum atomic E-state index is 0.836. The molecule has 0 saturated carbocycles. The van der Waals surface area contributed by atoms with E-state index >= 15 is 0 Å². The van der Waals surface area contributed by atoms with E-state index in [4.69, 9.17) is 11.6 Å². The molecule has 1 fully saturated rings. The molecular weight excluding hydrogens is 226 g/mol. The SMILES string of the molecule is Clc1cccc(SCCC2CCNC2)c1. The average Bonchev–Trinajstić information content (AvgIpc) is 2.71. The highest BCUT2D eigenvalue weighted by Gasteiger charge is 2.13. The smallest absolute Gasteiger partial charge is 0.0417 e. The van der Waals surface area contributed by atoms with Crippen LogP contribution in [0.2, 0.25) is 5.02 Å². The third-order valence-electron chi connectivity index (χ3n) is 2.75. The average molecular weight is 242 g/mol. The molecule has 3 heteroatoms. The van der Waals surface area contributed by atoms with E-state index in [1.807, 2.05) is 30.0 Å². The summed E-state index contributed by atoms with van der Waals surface area (Å²) < 4.78 is 0. The van der Waals surface area contributed by atoms with Crippen LogP contribution >= 0.6 is 23.4 Å². The standard InChI is InChI=1S/C12H16ClNS/c13-11-2-1-3-12(8-11)15-7-5-10-4-6-14-9-10/h1-3,8,10,14H,4-7,9H2. The van der Waals surface area contributed by atoms with E-state index in [-0.39, 0.29) is 0 Å². The van der Waals surface area contributed by atoms with Crippen LogP contribution < -0.4 is 5.32 Å². The number of thioether (sulfide) groups is 1. The molecule has 1 N–H and O–H groups in total. The van der Waals surface area contributed by atoms with Gasteiger partial charge in [-0.15, -0.1) is 11.8 Å². The zero-order chi connectivity index (χ0) is 10.5. The molecule has 2 rings (SSSR count). The first-order valence-corrected chi connectivity index (χ1v) is 6.80. The first kappa shape index (κ1) is 11.3. The summed E-state index contributed by atoms with van der Waals surface area (Å²) >= 11 is 7.84. The van der Waals surface area contributed by atoms with Crippen molar-refractivity contribution in [3.8, 4) is 0 Å². The topological polar surface area (TPSA) is 12.0 Å². The van der Waals surface area contributed by atoms with Gasteiger partial charge in [0.05, 0.1) is 0 Å². The van der Waals surface area contributed by atoms with Crippen molar-refractivity contribution < 1.29 is 0 Å². The molecule has 0 amide bonds. The lowest BCUT2D eigenvalue weighted by Gasteiger charge is -2.07. The van der Waals surface area contributed by atoms with Crippen molar-refractivity contribution in [3.63, 3.8) is 0 Å². The third kappa shape index (κ3) is 3.71. The van der Waals surface area contributed by atoms with Crippen LogP contribution in [0.15, 0.2) is 29.2 Å². The van der Waals surface area contributed by atoms with Crippen molar-refractivity contribution >= 4 is 23.4 Å². The van der Waals surface area contributed by atoms with Crippen LogP contribution in [-0.2, 0) is 0 Å². The Labute approximate surface area is 101 Å². The summed E-state index contributed by atoms with van der Waals surface area (Å²) in [6, 6.07) is 8.11. The summed E-state index contributed by atoms with van der Waals surface area (Å²) in [5, 5.41) is 4.24. The Hall–Kier alpha value is -0.180. The highest BCUT2D eigenvalue weighted by Crippen LogP contribution is 2.24. The van der Waals surface area contributed by atoms with Crippen LogP contribution in [0.5, 0.6) is 0 Å². The monoisotopic (exact) mass is 241 g/mol. The molecule has 1 aliphatic heterocycles. The molecule has 1 heterocycles. The van der Waals surface area contributed by atoms with Gasteiger partial charge >= 0.3 is 0 Å². The number of benzene rings is 1. The first-order valence-electron chi connectivity index (χ1n) is 5.44. The van der Waals surface area contributed by atoms with Gasteiger partial charge in [-0.05, 0) is 55.8 Å². The quantitative estimate of drug-likeness (QED) is 0.811. The minimum Gasteiger partial charge on any atom is -0.316 e. The largest absolute Gasteiger partial charge is 0.316 e. The predicted molar refractivity (Wildman–Crippen MR) is 67.8 cm³/mol. The molecule has 0 bridgehead atoms. The van der Waals surface area contributed by atoms with Crippen LogP contribution in [0, 0.1) is 5.92 Å². The lowest BCUT2D eigenvalue weighted by Crippen LogP contribution is -2.09. The number of rotatable bonds is 4. The Morgan fingerprint density at radius 3 is 3.13 bits per heavy atom. The molecule has 1 unspecified atom stereocenters. The van der Waals surface area contributed by atoms with Gasteiger partial charge in [0, 0.05) is 9.92 Å². The summed E-state index contributed by atoms with van der Waals surface area (Å²) in [6.45, 7) is 2.41. The highest BCUT2D eigenvalue weighted by molar-refractivity contribution is 7.99. The van der Waals surface area contributed by atoms with E-state index in [0.29, 0.717) is 0 Å². The lowest BCUT2D eigenvalue weighted by molar-refractivity contribution is 0.568. The normalized spacial score (nSPS) is 20.7. The van der Waals surface area contributed by atoms with Crippen LogP contribution in [0.25, 0.3) is 0 Å². The van der Waals surface area contributed by atoms with Crippen molar-refractivity contribution in [2.45, 2.75) is 17.7 Å². The van der Waals surface area contributed by atoms with Gasteiger partial charge in [-0.25, -0.2) is 0 Å². The van der Waals surface area contributed by atoms with Crippen molar-refractivity contribution in [2.24, 2.45) is 5.92 Å². The predicted octanol–water partition coefficient (Wildman–Crippen LogP) is 3.43. The van der Waals surface area contributed by atoms with E-state index in [0.717, 1.165) is 10.9 Å². The zero-order valence-electron chi connectivity index (χ0n) is 8.71. The van der Waals surface area contributed by atoms with Gasteiger partial charge in [0.25, 0.3) is 0 Å². The number of halogens is 1. The Bertz CT molecular complexity index is 310. The van der Waals surface area contributed by atoms with Gasteiger partial charge < -0.3 is 5.32 Å². The van der Waals surface area contributed by atoms with Crippen LogP contribution in [0.4, 0.5) is 0 Å². The Balaban J connectivity index is 1.73. The number of hydrogen-bond donors (Lipinski definition) is 1. The molecule has 1 atom stereocenters. The molecule has 0 spiro atoms. The fourth-order valence-corrected chi connectivity index (χ4v) is 3.19. The maximum atomic E-state index is 5.93. The highest BCUT2D eigenvalue weighted by atomic mass is 35.5. The van der Waals surface area contributed by atoms with E-state index < -0.39 is 0 Å². The maximum Gasteiger partial charge on any atom is 0.0417 e. The fourth-order valence-electron chi connectivity index (χ4n) is 1.86. The summed E-state index contributed by atoms with van der Waals surface area (Å²) in [5.74, 6) is 2.09. The van der Waals surface area contributed by atoms with Crippen molar-refractivity contribution in [3.05, 3.63) is 29.3 Å². The van der Waals surface area contributed by atoms with Gasteiger partial charge in [-0.3, -0.25) is 0 Å². The first-order chi connectivity index (χ1) is 7.34. The zero-order valence-corrected chi connectivity index (χ0v) is 10.3. The number of nitrogens with one attached hydrogen (secondary N) is 1. The summed E-state index contributed by atoms with van der Waals surface area (Å²) in [6.07, 6.45) is 2.65. The van der Waals surface area contributed by atoms with Gasteiger partial charge in [0.1, 0.15) is 0 Å². The molecule has 1 aliphatic rings. The van der Waals surface area contributed by atoms with Crippen LogP contribution in [-0.4, -0.2) is 18.8 Å². The van der Waals surface area contributed by atoms with Crippen molar-refractivity contribution in [1.29, 1.82) is 0 Å². The summed E-state index contributed by atoms with van der Waals surface area (Å²) in [4.78, 5) is 1.29. The molecule has 1 saturated heterocycles. The number of hydrogen-bond acceptors (Lipinski definition) is 2. The van der Waals surface area contributed by atoms with Gasteiger partial charge in [-0.2, -0.15) is 0 Å². The third-order valence-corrected chi connectivity index (χ3v) is 4.02. The lowest BCUT2D eigenvalue weighted by atomic mass is 10.1. The second-order valence-electron chi connectivity index (χ2n) is 3.95. The van der Waals surface area contributed by atoms with Crippen molar-refractivity contribution in [2.75, 3.05) is 18.8 Å². The summed E-state index contributed by atoms with van der Waals surface area (Å²) in [5.41, 5.74) is 0. The summed E-state index contributed by atoms with van der Waals surface area (Å²) in [7, 11) is 0. The van der Waals surface area contributed by atoms with E-state index in [9.17, 15) is 0 Å². The Morgan fingerprint density at radius 1 is 1.47 bits per heavy atom. The van der Waals surface area contributed by atoms with E-state index in [2.05, 4.69) is 11.4 Å². The van der Waals surface area contributed by atoms with Gasteiger partial charge in [-0.1, -0.05) is 17.7 Å². The van der Waals surface area contributed by atoms with Crippen molar-refractivity contribution in [1.82, 2.24) is 5.32 Å². The van der Waals surface area contributed by atoms with Gasteiger partial charge in [0.2, 0.25) is 0 Å². The molecule has 1 aromatic rings. The molecule has 1 aromatic carbocycles. The second kappa shape index (κ2) is 5.78. The van der Waals surface area contributed by atoms with Crippen LogP contribution in [0.1, 0.15) is 12.8 Å². The Morgan fingerprint density at radius 2 is 2.40 bits per heavy atom. The Kier molecular flexibility index (Phi) is 4.36. The minimum absolute atomic E-state index is 0.836. The second-order valence-corrected chi connectivity index (χ2v) is 5.56. The maximum absolute atomic E-state index is 5.93. The molecule has 0 radical (unpaired) electrons. The van der Waals surface area contributed by atoms with E-state index in [1.54, 1.807) is 0 Å². The fraction of sp³-hybridized carbons (Fsp3) is 0.500. The molecule has 15 heavy (non-hydrogen) atoms.